The molecule has 0 bridgehead atoms. The van der Waals surface area contributed by atoms with E-state index in [0.29, 0.717) is 16.9 Å². The first-order valence-electron chi connectivity index (χ1n) is 10.5. The van der Waals surface area contributed by atoms with Gasteiger partial charge in [-0.25, -0.2) is 0 Å². The van der Waals surface area contributed by atoms with Crippen molar-refractivity contribution in [3.8, 4) is 17.0 Å². The molecule has 2 aromatic heterocycles. The highest BCUT2D eigenvalue weighted by Gasteiger charge is 2.24. The lowest BCUT2D eigenvalue weighted by Crippen LogP contribution is -2.24. The molecule has 2 heterocycles. The van der Waals surface area contributed by atoms with E-state index in [9.17, 15) is 9.59 Å². The fraction of sp³-hybridized carbons (Fsp3) is 0.222. The highest BCUT2D eigenvalue weighted by molar-refractivity contribution is 6.16. The van der Waals surface area contributed by atoms with Crippen LogP contribution in [-0.4, -0.2) is 28.2 Å². The van der Waals surface area contributed by atoms with Crippen LogP contribution in [0.5, 0.6) is 5.75 Å². The predicted octanol–water partition coefficient (Wildman–Crippen LogP) is 5.56. The summed E-state index contributed by atoms with van der Waals surface area (Å²) in [6.45, 7) is 5.88. The van der Waals surface area contributed by atoms with Crippen molar-refractivity contribution in [1.29, 1.82) is 0 Å². The van der Waals surface area contributed by atoms with Crippen LogP contribution in [0.25, 0.3) is 22.2 Å². The largest absolute Gasteiger partial charge is 0.497 e. The minimum Gasteiger partial charge on any atom is -0.497 e. The van der Waals surface area contributed by atoms with E-state index in [1.165, 1.54) is 0 Å². The van der Waals surface area contributed by atoms with Gasteiger partial charge in [-0.3, -0.25) is 14.6 Å². The summed E-state index contributed by atoms with van der Waals surface area (Å²) in [4.78, 5) is 30.6. The molecule has 0 radical (unpaired) electrons. The number of ether oxygens (including phenoxy) is 1. The number of Topliss-reactive ketones (excluding diaryl/α,β-unsaturated/α-hetero) is 1. The molecule has 0 aliphatic heterocycles. The Balaban J connectivity index is 1.73. The first-order valence-corrected chi connectivity index (χ1v) is 10.5. The quantitative estimate of drug-likeness (QED) is 0.379. The Hall–Kier alpha value is -3.73. The van der Waals surface area contributed by atoms with Crippen molar-refractivity contribution in [2.24, 2.45) is 5.41 Å². The zero-order chi connectivity index (χ0) is 22.9. The van der Waals surface area contributed by atoms with Crippen LogP contribution in [0.1, 0.15) is 36.7 Å². The van der Waals surface area contributed by atoms with Crippen LogP contribution in [0.15, 0.2) is 73.1 Å². The van der Waals surface area contributed by atoms with Crippen LogP contribution in [0.4, 0.5) is 0 Å². The van der Waals surface area contributed by atoms with Crippen molar-refractivity contribution in [3.05, 3.63) is 84.2 Å². The number of fused-ring (bicyclic) bond motifs is 1. The highest BCUT2D eigenvalue weighted by Crippen LogP contribution is 2.29. The Kier molecular flexibility index (Phi) is 5.66. The molecule has 162 valence electrons. The second-order valence-electron chi connectivity index (χ2n) is 8.85. The summed E-state index contributed by atoms with van der Waals surface area (Å²) in [5, 5.41) is 0.782. The molecule has 0 unspecified atom stereocenters. The highest BCUT2D eigenvalue weighted by atomic mass is 16.5. The van der Waals surface area contributed by atoms with Gasteiger partial charge in [0, 0.05) is 46.0 Å². The third-order valence-electron chi connectivity index (χ3n) is 5.58. The van der Waals surface area contributed by atoms with Crippen molar-refractivity contribution in [1.82, 2.24) is 9.55 Å². The molecule has 0 aliphatic carbocycles. The maximum absolute atomic E-state index is 13.4. The second-order valence-corrected chi connectivity index (χ2v) is 8.85. The Morgan fingerprint density at radius 1 is 1.00 bits per heavy atom. The van der Waals surface area contributed by atoms with Crippen molar-refractivity contribution in [2.75, 3.05) is 7.11 Å². The number of pyridine rings is 1. The lowest BCUT2D eigenvalue weighted by atomic mass is 9.91. The third kappa shape index (κ3) is 4.19. The van der Waals surface area contributed by atoms with Gasteiger partial charge in [-0.2, -0.15) is 0 Å². The van der Waals surface area contributed by atoms with Crippen LogP contribution in [-0.2, 0) is 11.3 Å². The monoisotopic (exact) mass is 426 g/mol. The average molecular weight is 427 g/mol. The standard InChI is InChI=1S/C27H26N2O3/c1-27(2,3)25(30)17-29-16-22(21-12-11-20(32-4)14-24(21)29)26(31)19-10-13-23(28-15-19)18-8-6-5-7-9-18/h5-16H,17H2,1-4H3. The number of carbonyl (C=O) groups excluding carboxylic acids is 2. The molecule has 0 N–H and O–H groups in total. The summed E-state index contributed by atoms with van der Waals surface area (Å²) in [5.74, 6) is 0.632. The molecule has 4 aromatic rings. The average Bonchev–Trinajstić information content (AvgIpc) is 3.16. The summed E-state index contributed by atoms with van der Waals surface area (Å²) in [6, 6.07) is 19.0. The van der Waals surface area contributed by atoms with E-state index in [2.05, 4.69) is 4.98 Å². The van der Waals surface area contributed by atoms with Crippen LogP contribution in [0.2, 0.25) is 0 Å². The maximum atomic E-state index is 13.4. The summed E-state index contributed by atoms with van der Waals surface area (Å²) in [6.07, 6.45) is 3.37. The van der Waals surface area contributed by atoms with Gasteiger partial charge in [0.25, 0.3) is 0 Å². The molecule has 5 heteroatoms. The maximum Gasteiger partial charge on any atom is 0.196 e. The SMILES string of the molecule is COc1ccc2c(C(=O)c3ccc(-c4ccccc4)nc3)cn(CC(=O)C(C)(C)C)c2c1. The number of hydrogen-bond acceptors (Lipinski definition) is 4. The topological polar surface area (TPSA) is 61.2 Å². The van der Waals surface area contributed by atoms with Gasteiger partial charge in [-0.05, 0) is 24.3 Å². The number of ketones is 2. The number of hydrogen-bond donors (Lipinski definition) is 0. The fourth-order valence-corrected chi connectivity index (χ4v) is 3.57. The molecular weight excluding hydrogens is 400 g/mol. The zero-order valence-corrected chi connectivity index (χ0v) is 18.8. The van der Waals surface area contributed by atoms with Gasteiger partial charge < -0.3 is 9.30 Å². The molecule has 5 nitrogen and oxygen atoms in total. The third-order valence-corrected chi connectivity index (χ3v) is 5.58. The first-order chi connectivity index (χ1) is 15.3. The molecule has 0 saturated carbocycles. The van der Waals surface area contributed by atoms with Crippen molar-refractivity contribution in [3.63, 3.8) is 0 Å². The zero-order valence-electron chi connectivity index (χ0n) is 18.8. The first kappa shape index (κ1) is 21.5. The molecular formula is C27H26N2O3. The minimum atomic E-state index is -0.475. The summed E-state index contributed by atoms with van der Waals surface area (Å²) in [5.41, 5.74) is 3.16. The molecule has 0 saturated heterocycles. The number of aromatic nitrogens is 2. The van der Waals surface area contributed by atoms with Gasteiger partial charge in [0.15, 0.2) is 11.6 Å². The number of methoxy groups -OCH3 is 1. The number of carbonyl (C=O) groups is 2. The lowest BCUT2D eigenvalue weighted by Gasteiger charge is -2.17. The smallest absolute Gasteiger partial charge is 0.196 e. The van der Waals surface area contributed by atoms with Gasteiger partial charge in [-0.15, -0.1) is 0 Å². The van der Waals surface area contributed by atoms with Gasteiger partial charge in [0.05, 0.1) is 24.9 Å². The summed E-state index contributed by atoms with van der Waals surface area (Å²) < 4.78 is 7.20. The van der Waals surface area contributed by atoms with E-state index in [1.54, 1.807) is 25.6 Å². The molecule has 0 spiro atoms. The van der Waals surface area contributed by atoms with Gasteiger partial charge in [0.1, 0.15) is 5.75 Å². The Labute approximate surface area is 187 Å². The molecule has 2 aromatic carbocycles. The molecule has 32 heavy (non-hydrogen) atoms. The lowest BCUT2D eigenvalue weighted by molar-refractivity contribution is -0.126. The van der Waals surface area contributed by atoms with Crippen LogP contribution in [0, 0.1) is 5.41 Å². The Morgan fingerprint density at radius 3 is 2.38 bits per heavy atom. The Morgan fingerprint density at radius 2 is 1.75 bits per heavy atom. The molecule has 4 rings (SSSR count). The van der Waals surface area contributed by atoms with E-state index in [0.717, 1.165) is 22.2 Å². The van der Waals surface area contributed by atoms with Crippen LogP contribution in [0.3, 0.4) is 0 Å². The number of benzene rings is 2. The minimum absolute atomic E-state index is 0.0881. The molecule has 0 amide bonds. The Bertz CT molecular complexity index is 1280. The fourth-order valence-electron chi connectivity index (χ4n) is 3.57. The van der Waals surface area contributed by atoms with Gasteiger partial charge >= 0.3 is 0 Å². The van der Waals surface area contributed by atoms with Crippen molar-refractivity contribution in [2.45, 2.75) is 27.3 Å². The van der Waals surface area contributed by atoms with Crippen molar-refractivity contribution < 1.29 is 14.3 Å². The second kappa shape index (κ2) is 8.42. The molecule has 0 atom stereocenters. The van der Waals surface area contributed by atoms with E-state index in [-0.39, 0.29) is 18.1 Å². The predicted molar refractivity (Wildman–Crippen MR) is 126 cm³/mol. The number of rotatable bonds is 6. The molecule has 0 aliphatic rings. The van der Waals surface area contributed by atoms with Gasteiger partial charge in [0.2, 0.25) is 0 Å². The van der Waals surface area contributed by atoms with Crippen LogP contribution < -0.4 is 4.74 Å². The van der Waals surface area contributed by atoms with E-state index < -0.39 is 5.41 Å². The van der Waals surface area contributed by atoms with Gasteiger partial charge in [-0.1, -0.05) is 51.1 Å². The van der Waals surface area contributed by atoms with Crippen molar-refractivity contribution >= 4 is 22.5 Å². The van der Waals surface area contributed by atoms with Crippen LogP contribution >= 0.6 is 0 Å². The van der Waals surface area contributed by atoms with E-state index >= 15 is 0 Å². The number of nitrogens with zero attached hydrogens (tertiary/aromatic N) is 2. The summed E-state index contributed by atoms with van der Waals surface area (Å²) in [7, 11) is 1.60. The summed E-state index contributed by atoms with van der Waals surface area (Å²) >= 11 is 0. The van der Waals surface area contributed by atoms with E-state index in [1.807, 2.05) is 79.9 Å². The normalized spacial score (nSPS) is 11.5. The molecule has 0 fully saturated rings. The van der Waals surface area contributed by atoms with E-state index in [4.69, 9.17) is 4.74 Å².